The van der Waals surface area contributed by atoms with Gasteiger partial charge in [-0.3, -0.25) is 9.69 Å². The molecule has 0 spiro atoms. The average molecular weight is 336 g/mol. The minimum Gasteiger partial charge on any atom is -0.492 e. The van der Waals surface area contributed by atoms with E-state index in [-0.39, 0.29) is 5.91 Å². The molecular formula is C18H28N2O4. The number of rotatable bonds is 8. The Kier molecular flexibility index (Phi) is 7.02. The third kappa shape index (κ3) is 5.19. The number of methoxy groups -OCH3 is 1. The lowest BCUT2D eigenvalue weighted by molar-refractivity contribution is -0.136. The lowest BCUT2D eigenvalue weighted by Crippen LogP contribution is -2.41. The van der Waals surface area contributed by atoms with Gasteiger partial charge in [0, 0.05) is 32.4 Å². The Morgan fingerprint density at radius 3 is 2.54 bits per heavy atom. The number of carbonyl (C=O) groups is 1. The summed E-state index contributed by atoms with van der Waals surface area (Å²) in [7, 11) is 1.55. The number of nitrogens with one attached hydrogen (secondary N) is 1. The molecule has 0 bridgehead atoms. The second kappa shape index (κ2) is 9.01. The Balaban J connectivity index is 1.78. The van der Waals surface area contributed by atoms with Crippen molar-refractivity contribution in [2.75, 3.05) is 51.9 Å². The van der Waals surface area contributed by atoms with Gasteiger partial charge in [-0.1, -0.05) is 6.92 Å². The summed E-state index contributed by atoms with van der Waals surface area (Å²) in [5, 5.41) is 2.88. The third-order valence-corrected chi connectivity index (χ3v) is 4.50. The van der Waals surface area contributed by atoms with Gasteiger partial charge >= 0.3 is 0 Å². The SMILES string of the molecule is CC[C@](C)(OC)C(=O)Nc1ccc(OCCN2CCOCC2)cc1. The molecule has 6 heteroatoms. The second-order valence-electron chi connectivity index (χ2n) is 6.07. The van der Waals surface area contributed by atoms with Crippen LogP contribution < -0.4 is 10.1 Å². The van der Waals surface area contributed by atoms with Crippen molar-refractivity contribution >= 4 is 11.6 Å². The Labute approximate surface area is 144 Å². The summed E-state index contributed by atoms with van der Waals surface area (Å²) >= 11 is 0. The quantitative estimate of drug-likeness (QED) is 0.788. The minimum atomic E-state index is -0.812. The highest BCUT2D eigenvalue weighted by molar-refractivity contribution is 5.97. The van der Waals surface area contributed by atoms with Crippen LogP contribution in [0.25, 0.3) is 0 Å². The van der Waals surface area contributed by atoms with Gasteiger partial charge in [-0.25, -0.2) is 0 Å². The fraction of sp³-hybridized carbons (Fsp3) is 0.611. The van der Waals surface area contributed by atoms with Crippen LogP contribution in [0, 0.1) is 0 Å². The summed E-state index contributed by atoms with van der Waals surface area (Å²) in [4.78, 5) is 14.6. The average Bonchev–Trinajstić information content (AvgIpc) is 2.63. The Hall–Kier alpha value is -1.63. The van der Waals surface area contributed by atoms with E-state index in [9.17, 15) is 4.79 Å². The van der Waals surface area contributed by atoms with Gasteiger partial charge in [0.1, 0.15) is 18.0 Å². The first-order chi connectivity index (χ1) is 11.6. The van der Waals surface area contributed by atoms with E-state index < -0.39 is 5.60 Å². The van der Waals surface area contributed by atoms with Crippen LogP contribution in [-0.2, 0) is 14.3 Å². The topological polar surface area (TPSA) is 60.0 Å². The first-order valence-electron chi connectivity index (χ1n) is 8.47. The minimum absolute atomic E-state index is 0.145. The van der Waals surface area contributed by atoms with E-state index in [1.165, 1.54) is 0 Å². The number of anilines is 1. The van der Waals surface area contributed by atoms with Crippen molar-refractivity contribution in [1.29, 1.82) is 0 Å². The molecule has 0 radical (unpaired) electrons. The van der Waals surface area contributed by atoms with Gasteiger partial charge in [-0.2, -0.15) is 0 Å². The molecule has 1 heterocycles. The van der Waals surface area contributed by atoms with Gasteiger partial charge in [0.25, 0.3) is 5.91 Å². The Morgan fingerprint density at radius 1 is 1.29 bits per heavy atom. The van der Waals surface area contributed by atoms with E-state index in [4.69, 9.17) is 14.2 Å². The molecule has 2 rings (SSSR count). The van der Waals surface area contributed by atoms with Crippen LogP contribution in [-0.4, -0.2) is 63.0 Å². The summed E-state index contributed by atoms with van der Waals surface area (Å²) in [6, 6.07) is 7.41. The first kappa shape index (κ1) is 18.7. The maximum atomic E-state index is 12.2. The molecule has 1 saturated heterocycles. The fourth-order valence-corrected chi connectivity index (χ4v) is 2.41. The monoisotopic (exact) mass is 336 g/mol. The highest BCUT2D eigenvalue weighted by Gasteiger charge is 2.30. The molecule has 24 heavy (non-hydrogen) atoms. The molecule has 0 aliphatic carbocycles. The van der Waals surface area contributed by atoms with Crippen LogP contribution in [0.1, 0.15) is 20.3 Å². The van der Waals surface area contributed by atoms with Crippen LogP contribution in [0.15, 0.2) is 24.3 Å². The van der Waals surface area contributed by atoms with Crippen molar-refractivity contribution in [2.45, 2.75) is 25.9 Å². The first-order valence-corrected chi connectivity index (χ1v) is 8.47. The largest absolute Gasteiger partial charge is 0.492 e. The smallest absolute Gasteiger partial charge is 0.256 e. The fourth-order valence-electron chi connectivity index (χ4n) is 2.41. The molecule has 1 aliphatic rings. The summed E-state index contributed by atoms with van der Waals surface area (Å²) in [5.41, 5.74) is -0.0786. The predicted octanol–water partition coefficient (Wildman–Crippen LogP) is 2.15. The van der Waals surface area contributed by atoms with Crippen molar-refractivity contribution in [1.82, 2.24) is 4.90 Å². The number of benzene rings is 1. The summed E-state index contributed by atoms with van der Waals surface area (Å²) in [6.45, 7) is 8.76. The molecule has 1 N–H and O–H groups in total. The second-order valence-corrected chi connectivity index (χ2v) is 6.07. The van der Waals surface area contributed by atoms with E-state index in [1.54, 1.807) is 14.0 Å². The Bertz CT molecular complexity index is 508. The zero-order chi connectivity index (χ0) is 17.4. The zero-order valence-corrected chi connectivity index (χ0v) is 14.8. The van der Waals surface area contributed by atoms with Gasteiger partial charge in [0.2, 0.25) is 0 Å². The molecule has 1 aromatic rings. The summed E-state index contributed by atoms with van der Waals surface area (Å²) < 4.78 is 16.4. The molecular weight excluding hydrogens is 308 g/mol. The maximum absolute atomic E-state index is 12.2. The molecule has 1 atom stereocenters. The zero-order valence-electron chi connectivity index (χ0n) is 14.8. The molecule has 0 unspecified atom stereocenters. The molecule has 6 nitrogen and oxygen atoms in total. The van der Waals surface area contributed by atoms with E-state index in [2.05, 4.69) is 10.2 Å². The number of ether oxygens (including phenoxy) is 3. The molecule has 0 saturated carbocycles. The standard InChI is InChI=1S/C18H28N2O4/c1-4-18(2,22-3)17(21)19-15-5-7-16(8-6-15)24-14-11-20-9-12-23-13-10-20/h5-8H,4,9-14H2,1-3H3,(H,19,21)/t18-/m0/s1. The van der Waals surface area contributed by atoms with Gasteiger partial charge in [-0.15, -0.1) is 0 Å². The Morgan fingerprint density at radius 2 is 1.96 bits per heavy atom. The normalized spacial score (nSPS) is 18.0. The molecule has 134 valence electrons. The van der Waals surface area contributed by atoms with E-state index in [0.717, 1.165) is 44.3 Å². The number of hydrogen-bond donors (Lipinski definition) is 1. The number of nitrogens with zero attached hydrogens (tertiary/aromatic N) is 1. The number of hydrogen-bond acceptors (Lipinski definition) is 5. The molecule has 1 aromatic carbocycles. The van der Waals surface area contributed by atoms with E-state index >= 15 is 0 Å². The van der Waals surface area contributed by atoms with Crippen molar-refractivity contribution in [2.24, 2.45) is 0 Å². The van der Waals surface area contributed by atoms with Gasteiger partial charge in [0.15, 0.2) is 0 Å². The molecule has 1 fully saturated rings. The summed E-state index contributed by atoms with van der Waals surface area (Å²) in [5.74, 6) is 0.653. The predicted molar refractivity (Wildman–Crippen MR) is 93.5 cm³/mol. The molecule has 1 amide bonds. The van der Waals surface area contributed by atoms with Gasteiger partial charge in [0.05, 0.1) is 13.2 Å². The van der Waals surface area contributed by atoms with Crippen molar-refractivity contribution in [3.05, 3.63) is 24.3 Å². The van der Waals surface area contributed by atoms with Crippen molar-refractivity contribution < 1.29 is 19.0 Å². The number of morpholine rings is 1. The number of amides is 1. The lowest BCUT2D eigenvalue weighted by Gasteiger charge is -2.26. The van der Waals surface area contributed by atoms with Crippen LogP contribution in [0.5, 0.6) is 5.75 Å². The van der Waals surface area contributed by atoms with Gasteiger partial charge in [-0.05, 0) is 37.6 Å². The lowest BCUT2D eigenvalue weighted by atomic mass is 10.0. The summed E-state index contributed by atoms with van der Waals surface area (Å²) in [6.07, 6.45) is 0.609. The highest BCUT2D eigenvalue weighted by Crippen LogP contribution is 2.20. The maximum Gasteiger partial charge on any atom is 0.256 e. The van der Waals surface area contributed by atoms with Crippen molar-refractivity contribution in [3.8, 4) is 5.75 Å². The molecule has 1 aliphatic heterocycles. The van der Waals surface area contributed by atoms with Crippen LogP contribution in [0.4, 0.5) is 5.69 Å². The van der Waals surface area contributed by atoms with Gasteiger partial charge < -0.3 is 19.5 Å². The van der Waals surface area contributed by atoms with E-state index in [1.807, 2.05) is 31.2 Å². The van der Waals surface area contributed by atoms with Crippen LogP contribution >= 0.6 is 0 Å². The van der Waals surface area contributed by atoms with Crippen LogP contribution in [0.2, 0.25) is 0 Å². The van der Waals surface area contributed by atoms with Crippen LogP contribution in [0.3, 0.4) is 0 Å². The third-order valence-electron chi connectivity index (χ3n) is 4.50. The molecule has 0 aromatic heterocycles. The van der Waals surface area contributed by atoms with Crippen molar-refractivity contribution in [3.63, 3.8) is 0 Å². The number of carbonyl (C=O) groups excluding carboxylic acids is 1. The highest BCUT2D eigenvalue weighted by atomic mass is 16.5. The van der Waals surface area contributed by atoms with E-state index in [0.29, 0.717) is 13.0 Å².